The van der Waals surface area contributed by atoms with Crippen LogP contribution in [0.4, 0.5) is 0 Å². The van der Waals surface area contributed by atoms with Gasteiger partial charge in [-0.3, -0.25) is 4.79 Å². The van der Waals surface area contributed by atoms with Gasteiger partial charge in [0.2, 0.25) is 0 Å². The monoisotopic (exact) mass is 179 g/mol. The number of likely N-dealkylation sites (tertiary alicyclic amines) is 1. The standard InChI is InChI=1S/C10H13NO2/c1-11-8(6-9(12)10(11)13)7-4-2-3-5-7/h2,4-5,8-9,12H,3,6H2,1H3/t8-,9-/m0/s1. The molecule has 2 atom stereocenters. The van der Waals surface area contributed by atoms with Crippen molar-refractivity contribution in [3.63, 3.8) is 0 Å². The Morgan fingerprint density at radius 2 is 2.38 bits per heavy atom. The summed E-state index contributed by atoms with van der Waals surface area (Å²) in [5.74, 6) is -0.161. The number of aliphatic hydroxyl groups is 1. The Hall–Kier alpha value is -1.09. The molecule has 0 spiro atoms. The van der Waals surface area contributed by atoms with E-state index in [4.69, 9.17) is 0 Å². The molecule has 0 bridgehead atoms. The molecule has 0 aromatic heterocycles. The van der Waals surface area contributed by atoms with Crippen molar-refractivity contribution in [3.05, 3.63) is 23.8 Å². The van der Waals surface area contributed by atoms with Gasteiger partial charge in [-0.25, -0.2) is 0 Å². The zero-order valence-electron chi connectivity index (χ0n) is 7.60. The van der Waals surface area contributed by atoms with Crippen molar-refractivity contribution < 1.29 is 9.90 Å². The van der Waals surface area contributed by atoms with E-state index in [1.807, 2.05) is 6.08 Å². The number of nitrogens with zero attached hydrogens (tertiary/aromatic N) is 1. The van der Waals surface area contributed by atoms with Gasteiger partial charge < -0.3 is 10.0 Å². The van der Waals surface area contributed by atoms with Gasteiger partial charge in [-0.05, 0) is 12.0 Å². The summed E-state index contributed by atoms with van der Waals surface area (Å²) in [5.41, 5.74) is 1.16. The molecular weight excluding hydrogens is 166 g/mol. The number of aliphatic hydroxyl groups excluding tert-OH is 1. The molecule has 1 aliphatic carbocycles. The number of rotatable bonds is 1. The zero-order valence-corrected chi connectivity index (χ0v) is 7.60. The zero-order chi connectivity index (χ0) is 9.42. The topological polar surface area (TPSA) is 40.5 Å². The molecule has 2 rings (SSSR count). The summed E-state index contributed by atoms with van der Waals surface area (Å²) in [4.78, 5) is 12.9. The molecule has 1 heterocycles. The molecule has 1 N–H and O–H groups in total. The minimum atomic E-state index is -0.801. The lowest BCUT2D eigenvalue weighted by molar-refractivity contribution is -0.133. The van der Waals surface area contributed by atoms with Crippen LogP contribution in [0.3, 0.4) is 0 Å². The summed E-state index contributed by atoms with van der Waals surface area (Å²) >= 11 is 0. The van der Waals surface area contributed by atoms with Gasteiger partial charge in [-0.15, -0.1) is 0 Å². The molecule has 0 unspecified atom stereocenters. The Morgan fingerprint density at radius 3 is 2.85 bits per heavy atom. The number of hydrogen-bond donors (Lipinski definition) is 1. The Kier molecular flexibility index (Phi) is 1.96. The van der Waals surface area contributed by atoms with Crippen molar-refractivity contribution in [1.29, 1.82) is 0 Å². The summed E-state index contributed by atoms with van der Waals surface area (Å²) in [6.45, 7) is 0. The van der Waals surface area contributed by atoms with E-state index >= 15 is 0 Å². The molecule has 3 heteroatoms. The highest BCUT2D eigenvalue weighted by Crippen LogP contribution is 2.26. The first-order valence-electron chi connectivity index (χ1n) is 4.51. The van der Waals surface area contributed by atoms with Crippen LogP contribution in [0.5, 0.6) is 0 Å². The van der Waals surface area contributed by atoms with Crippen molar-refractivity contribution >= 4 is 5.91 Å². The van der Waals surface area contributed by atoms with Crippen molar-refractivity contribution in [2.45, 2.75) is 25.0 Å². The highest BCUT2D eigenvalue weighted by Gasteiger charge is 2.37. The first-order valence-corrected chi connectivity index (χ1v) is 4.51. The summed E-state index contributed by atoms with van der Waals surface area (Å²) in [6, 6.07) is 0.0845. The predicted molar refractivity (Wildman–Crippen MR) is 49.0 cm³/mol. The average molecular weight is 179 g/mol. The summed E-state index contributed by atoms with van der Waals surface area (Å²) in [5, 5.41) is 9.36. The van der Waals surface area contributed by atoms with Crippen LogP contribution in [-0.2, 0) is 4.79 Å². The molecule has 0 aromatic carbocycles. The SMILES string of the molecule is CN1C(=O)[C@@H](O)C[C@H]1C1=CCC=C1. The third kappa shape index (κ3) is 1.29. The Balaban J connectivity index is 2.18. The Bertz CT molecular complexity index is 293. The summed E-state index contributed by atoms with van der Waals surface area (Å²) in [6.07, 6.45) is 6.89. The van der Waals surface area contributed by atoms with E-state index in [-0.39, 0.29) is 11.9 Å². The second-order valence-electron chi connectivity index (χ2n) is 3.56. The minimum Gasteiger partial charge on any atom is -0.383 e. The van der Waals surface area contributed by atoms with Crippen LogP contribution in [0, 0.1) is 0 Å². The summed E-state index contributed by atoms with van der Waals surface area (Å²) < 4.78 is 0. The Morgan fingerprint density at radius 1 is 1.62 bits per heavy atom. The first kappa shape index (κ1) is 8.51. The first-order chi connectivity index (χ1) is 6.20. The molecule has 13 heavy (non-hydrogen) atoms. The van der Waals surface area contributed by atoms with Gasteiger partial charge in [-0.2, -0.15) is 0 Å². The van der Waals surface area contributed by atoms with Crippen molar-refractivity contribution in [3.8, 4) is 0 Å². The fourth-order valence-electron chi connectivity index (χ4n) is 1.94. The van der Waals surface area contributed by atoms with Gasteiger partial charge in [0, 0.05) is 13.5 Å². The van der Waals surface area contributed by atoms with Crippen LogP contribution in [0.2, 0.25) is 0 Å². The van der Waals surface area contributed by atoms with Crippen LogP contribution in [0.15, 0.2) is 23.8 Å². The van der Waals surface area contributed by atoms with E-state index in [1.165, 1.54) is 0 Å². The van der Waals surface area contributed by atoms with Gasteiger partial charge in [0.1, 0.15) is 6.10 Å². The number of likely N-dealkylation sites (N-methyl/N-ethyl adjacent to an activating group) is 1. The molecule has 1 amide bonds. The van der Waals surface area contributed by atoms with Crippen LogP contribution in [-0.4, -0.2) is 35.1 Å². The highest BCUT2D eigenvalue weighted by atomic mass is 16.3. The van der Waals surface area contributed by atoms with Crippen molar-refractivity contribution in [2.24, 2.45) is 0 Å². The molecule has 1 saturated heterocycles. The minimum absolute atomic E-state index is 0.0845. The lowest BCUT2D eigenvalue weighted by atomic mass is 10.1. The van der Waals surface area contributed by atoms with Crippen LogP contribution < -0.4 is 0 Å². The molecular formula is C10H13NO2. The largest absolute Gasteiger partial charge is 0.383 e. The van der Waals surface area contributed by atoms with Crippen molar-refractivity contribution in [1.82, 2.24) is 4.90 Å². The number of hydrogen-bond acceptors (Lipinski definition) is 2. The second-order valence-corrected chi connectivity index (χ2v) is 3.56. The highest BCUT2D eigenvalue weighted by molar-refractivity contribution is 5.83. The third-order valence-electron chi connectivity index (χ3n) is 2.73. The van der Waals surface area contributed by atoms with Gasteiger partial charge in [-0.1, -0.05) is 18.2 Å². The van der Waals surface area contributed by atoms with E-state index in [9.17, 15) is 9.90 Å². The third-order valence-corrected chi connectivity index (χ3v) is 2.73. The molecule has 1 aliphatic heterocycles. The van der Waals surface area contributed by atoms with E-state index < -0.39 is 6.10 Å². The molecule has 0 radical (unpaired) electrons. The average Bonchev–Trinajstić information content (AvgIpc) is 2.70. The molecule has 70 valence electrons. The molecule has 0 aromatic rings. The number of amides is 1. The number of allylic oxidation sites excluding steroid dienone is 2. The maximum absolute atomic E-state index is 11.3. The van der Waals surface area contributed by atoms with Crippen molar-refractivity contribution in [2.75, 3.05) is 7.05 Å². The smallest absolute Gasteiger partial charge is 0.251 e. The van der Waals surface area contributed by atoms with Crippen LogP contribution in [0.1, 0.15) is 12.8 Å². The molecule has 1 fully saturated rings. The lowest BCUT2D eigenvalue weighted by Gasteiger charge is -2.19. The van der Waals surface area contributed by atoms with Gasteiger partial charge in [0.25, 0.3) is 5.91 Å². The Labute approximate surface area is 77.3 Å². The van der Waals surface area contributed by atoms with Gasteiger partial charge >= 0.3 is 0 Å². The molecule has 3 nitrogen and oxygen atoms in total. The van der Waals surface area contributed by atoms with Crippen LogP contribution >= 0.6 is 0 Å². The number of carbonyl (C=O) groups is 1. The maximum Gasteiger partial charge on any atom is 0.251 e. The quantitative estimate of drug-likeness (QED) is 0.635. The fraction of sp³-hybridized carbons (Fsp3) is 0.500. The van der Waals surface area contributed by atoms with Gasteiger partial charge in [0.05, 0.1) is 6.04 Å². The van der Waals surface area contributed by atoms with E-state index in [2.05, 4.69) is 12.2 Å². The lowest BCUT2D eigenvalue weighted by Crippen LogP contribution is -2.31. The second kappa shape index (κ2) is 3.00. The number of carbonyl (C=O) groups excluding carboxylic acids is 1. The molecule has 0 saturated carbocycles. The predicted octanol–water partition coefficient (Wildman–Crippen LogP) is 0.464. The van der Waals surface area contributed by atoms with E-state index in [1.54, 1.807) is 11.9 Å². The van der Waals surface area contributed by atoms with E-state index in [0.717, 1.165) is 12.0 Å². The van der Waals surface area contributed by atoms with Crippen LogP contribution in [0.25, 0.3) is 0 Å². The maximum atomic E-state index is 11.3. The van der Waals surface area contributed by atoms with Gasteiger partial charge in [0.15, 0.2) is 0 Å². The molecule has 2 aliphatic rings. The summed E-state index contributed by atoms with van der Waals surface area (Å²) in [7, 11) is 1.75. The van der Waals surface area contributed by atoms with E-state index in [0.29, 0.717) is 6.42 Å². The normalized spacial score (nSPS) is 32.9. The fourth-order valence-corrected chi connectivity index (χ4v) is 1.94.